The fourth-order valence-corrected chi connectivity index (χ4v) is 5.51. The molecule has 2 amide bonds. The SMILES string of the molecule is O=C1CC2(CCCC2)CN1CC(=O)N1CCCCC1c1nccs1. The molecule has 1 aromatic rings. The zero-order chi connectivity index (χ0) is 16.6. The van der Waals surface area contributed by atoms with Crippen molar-refractivity contribution >= 4 is 23.2 Å². The molecule has 2 saturated heterocycles. The van der Waals surface area contributed by atoms with Crippen molar-refractivity contribution in [1.29, 1.82) is 0 Å². The first-order valence-electron chi connectivity index (χ1n) is 9.14. The normalized spacial score (nSPS) is 26.5. The van der Waals surface area contributed by atoms with E-state index in [2.05, 4.69) is 4.98 Å². The smallest absolute Gasteiger partial charge is 0.242 e. The van der Waals surface area contributed by atoms with Crippen molar-refractivity contribution in [2.45, 2.75) is 57.4 Å². The molecule has 0 bridgehead atoms. The maximum Gasteiger partial charge on any atom is 0.242 e. The highest BCUT2D eigenvalue weighted by atomic mass is 32.1. The number of thiazole rings is 1. The molecule has 2 aliphatic heterocycles. The van der Waals surface area contributed by atoms with Gasteiger partial charge in [0.15, 0.2) is 0 Å². The summed E-state index contributed by atoms with van der Waals surface area (Å²) in [4.78, 5) is 33.5. The van der Waals surface area contributed by atoms with Crippen LogP contribution in [0.1, 0.15) is 62.4 Å². The van der Waals surface area contributed by atoms with E-state index < -0.39 is 0 Å². The third-order valence-corrected chi connectivity index (χ3v) is 6.83. The van der Waals surface area contributed by atoms with Crippen LogP contribution in [-0.2, 0) is 9.59 Å². The molecule has 3 aliphatic rings. The van der Waals surface area contributed by atoms with Crippen LogP contribution in [0.25, 0.3) is 0 Å². The van der Waals surface area contributed by atoms with Crippen molar-refractivity contribution in [3.05, 3.63) is 16.6 Å². The van der Waals surface area contributed by atoms with E-state index in [1.807, 2.05) is 21.4 Å². The molecule has 24 heavy (non-hydrogen) atoms. The van der Waals surface area contributed by atoms with Gasteiger partial charge in [0, 0.05) is 31.1 Å². The van der Waals surface area contributed by atoms with Gasteiger partial charge in [0.2, 0.25) is 11.8 Å². The Morgan fingerprint density at radius 3 is 2.88 bits per heavy atom. The predicted octanol–water partition coefficient (Wildman–Crippen LogP) is 2.99. The quantitative estimate of drug-likeness (QED) is 0.845. The summed E-state index contributed by atoms with van der Waals surface area (Å²) >= 11 is 1.62. The van der Waals surface area contributed by atoms with E-state index in [0.717, 1.165) is 50.2 Å². The number of likely N-dealkylation sites (tertiary alicyclic amines) is 2. The topological polar surface area (TPSA) is 53.5 Å². The predicted molar refractivity (Wildman–Crippen MR) is 92.5 cm³/mol. The molecule has 1 aliphatic carbocycles. The van der Waals surface area contributed by atoms with Gasteiger partial charge >= 0.3 is 0 Å². The Balaban J connectivity index is 1.44. The lowest BCUT2D eigenvalue weighted by atomic mass is 9.85. The summed E-state index contributed by atoms with van der Waals surface area (Å²) in [6.07, 6.45) is 10.4. The number of carbonyl (C=O) groups excluding carboxylic acids is 2. The van der Waals surface area contributed by atoms with E-state index in [4.69, 9.17) is 0 Å². The number of hydrogen-bond acceptors (Lipinski definition) is 4. The van der Waals surface area contributed by atoms with Gasteiger partial charge in [-0.05, 0) is 37.5 Å². The molecule has 3 heterocycles. The summed E-state index contributed by atoms with van der Waals surface area (Å²) in [5.41, 5.74) is 0.175. The largest absolute Gasteiger partial charge is 0.333 e. The fraction of sp³-hybridized carbons (Fsp3) is 0.722. The van der Waals surface area contributed by atoms with Crippen molar-refractivity contribution in [2.24, 2.45) is 5.41 Å². The minimum atomic E-state index is 0.0956. The highest BCUT2D eigenvalue weighted by Gasteiger charge is 2.45. The molecule has 5 nitrogen and oxygen atoms in total. The van der Waals surface area contributed by atoms with Crippen LogP contribution in [0.3, 0.4) is 0 Å². The van der Waals surface area contributed by atoms with Crippen LogP contribution in [0.15, 0.2) is 11.6 Å². The Morgan fingerprint density at radius 1 is 1.29 bits per heavy atom. The summed E-state index contributed by atoms with van der Waals surface area (Å²) in [7, 11) is 0. The average Bonchev–Trinajstić information content (AvgIpc) is 3.31. The lowest BCUT2D eigenvalue weighted by Gasteiger charge is -2.35. The molecule has 130 valence electrons. The Hall–Kier alpha value is -1.43. The third kappa shape index (κ3) is 2.96. The molecule has 1 atom stereocenters. The molecule has 1 unspecified atom stereocenters. The molecular formula is C18H25N3O2S. The number of carbonyl (C=O) groups is 2. The highest BCUT2D eigenvalue weighted by molar-refractivity contribution is 7.09. The molecule has 6 heteroatoms. The zero-order valence-electron chi connectivity index (χ0n) is 14.1. The maximum absolute atomic E-state index is 12.9. The summed E-state index contributed by atoms with van der Waals surface area (Å²) in [6.45, 7) is 1.83. The Morgan fingerprint density at radius 2 is 2.12 bits per heavy atom. The summed E-state index contributed by atoms with van der Waals surface area (Å²) in [5, 5.41) is 3.00. The van der Waals surface area contributed by atoms with Crippen LogP contribution in [0.5, 0.6) is 0 Å². The third-order valence-electron chi connectivity index (χ3n) is 5.96. The average molecular weight is 347 g/mol. The first kappa shape index (κ1) is 16.1. The van der Waals surface area contributed by atoms with Gasteiger partial charge in [0.25, 0.3) is 0 Å². The number of nitrogens with zero attached hydrogens (tertiary/aromatic N) is 3. The second-order valence-electron chi connectivity index (χ2n) is 7.60. The Kier molecular flexibility index (Phi) is 4.33. The first-order valence-corrected chi connectivity index (χ1v) is 10.0. The van der Waals surface area contributed by atoms with E-state index >= 15 is 0 Å². The molecule has 0 N–H and O–H groups in total. The summed E-state index contributed by atoms with van der Waals surface area (Å²) < 4.78 is 0. The lowest BCUT2D eigenvalue weighted by molar-refractivity contribution is -0.141. The Labute approximate surface area is 147 Å². The van der Waals surface area contributed by atoms with Crippen LogP contribution in [0, 0.1) is 5.41 Å². The van der Waals surface area contributed by atoms with Gasteiger partial charge in [-0.1, -0.05) is 12.8 Å². The van der Waals surface area contributed by atoms with Gasteiger partial charge in [0.1, 0.15) is 5.01 Å². The van der Waals surface area contributed by atoms with Gasteiger partial charge in [0.05, 0.1) is 12.6 Å². The Bertz CT molecular complexity index is 610. The maximum atomic E-state index is 12.9. The number of piperidine rings is 1. The first-order chi connectivity index (χ1) is 11.7. The van der Waals surface area contributed by atoms with Crippen LogP contribution in [0.4, 0.5) is 0 Å². The van der Waals surface area contributed by atoms with Crippen LogP contribution in [0.2, 0.25) is 0 Å². The van der Waals surface area contributed by atoms with Crippen molar-refractivity contribution in [3.63, 3.8) is 0 Å². The van der Waals surface area contributed by atoms with E-state index in [9.17, 15) is 9.59 Å². The number of rotatable bonds is 3. The zero-order valence-corrected chi connectivity index (χ0v) is 14.9. The van der Waals surface area contributed by atoms with Gasteiger partial charge in [-0.3, -0.25) is 9.59 Å². The second kappa shape index (κ2) is 6.47. The summed E-state index contributed by atoms with van der Waals surface area (Å²) in [5.74, 6) is 0.270. The minimum Gasteiger partial charge on any atom is -0.333 e. The van der Waals surface area contributed by atoms with Gasteiger partial charge in [-0.15, -0.1) is 11.3 Å². The van der Waals surface area contributed by atoms with Gasteiger partial charge in [-0.2, -0.15) is 0 Å². The van der Waals surface area contributed by atoms with Crippen LogP contribution in [-0.4, -0.2) is 46.2 Å². The van der Waals surface area contributed by atoms with Crippen LogP contribution >= 0.6 is 11.3 Å². The van der Waals surface area contributed by atoms with E-state index in [0.29, 0.717) is 6.42 Å². The molecule has 1 aromatic heterocycles. The molecular weight excluding hydrogens is 322 g/mol. The standard InChI is InChI=1S/C18H25N3O2S/c22-15-11-18(6-2-3-7-18)13-20(15)12-16(23)21-9-4-1-5-14(21)17-19-8-10-24-17/h8,10,14H,1-7,9,11-13H2. The fourth-order valence-electron chi connectivity index (χ4n) is 4.73. The minimum absolute atomic E-state index is 0.0956. The van der Waals surface area contributed by atoms with E-state index in [1.54, 1.807) is 11.3 Å². The molecule has 1 spiro atoms. The van der Waals surface area contributed by atoms with E-state index in [1.165, 1.54) is 12.8 Å². The summed E-state index contributed by atoms with van der Waals surface area (Å²) in [6, 6.07) is 0.101. The van der Waals surface area contributed by atoms with E-state index in [-0.39, 0.29) is 29.8 Å². The van der Waals surface area contributed by atoms with Crippen molar-refractivity contribution in [2.75, 3.05) is 19.6 Å². The lowest BCUT2D eigenvalue weighted by Crippen LogP contribution is -2.45. The molecule has 0 radical (unpaired) electrons. The van der Waals surface area contributed by atoms with Crippen molar-refractivity contribution in [1.82, 2.24) is 14.8 Å². The number of aromatic nitrogens is 1. The number of hydrogen-bond donors (Lipinski definition) is 0. The highest BCUT2D eigenvalue weighted by Crippen LogP contribution is 2.45. The van der Waals surface area contributed by atoms with Gasteiger partial charge in [-0.25, -0.2) is 4.98 Å². The molecule has 1 saturated carbocycles. The van der Waals surface area contributed by atoms with Gasteiger partial charge < -0.3 is 9.80 Å². The molecule has 4 rings (SSSR count). The monoisotopic (exact) mass is 347 g/mol. The van der Waals surface area contributed by atoms with Crippen molar-refractivity contribution in [3.8, 4) is 0 Å². The van der Waals surface area contributed by atoms with Crippen molar-refractivity contribution < 1.29 is 9.59 Å². The molecule has 0 aromatic carbocycles. The number of amides is 2. The van der Waals surface area contributed by atoms with Crippen LogP contribution < -0.4 is 0 Å². The molecule has 3 fully saturated rings. The second-order valence-corrected chi connectivity index (χ2v) is 8.53.